The van der Waals surface area contributed by atoms with Gasteiger partial charge in [-0.05, 0) is 32.0 Å². The Kier molecular flexibility index (Phi) is 3.59. The molecule has 3 nitrogen and oxygen atoms in total. The molecule has 2 aromatic heterocycles. The fourth-order valence-corrected chi connectivity index (χ4v) is 2.02. The van der Waals surface area contributed by atoms with Crippen molar-refractivity contribution in [3.05, 3.63) is 48.3 Å². The predicted molar refractivity (Wildman–Crippen MR) is 71.0 cm³/mol. The van der Waals surface area contributed by atoms with Crippen molar-refractivity contribution in [1.29, 1.82) is 0 Å². The van der Waals surface area contributed by atoms with E-state index in [0.717, 1.165) is 24.1 Å². The first-order valence-electron chi connectivity index (χ1n) is 6.05. The van der Waals surface area contributed by atoms with E-state index in [-0.39, 0.29) is 6.04 Å². The summed E-state index contributed by atoms with van der Waals surface area (Å²) < 4.78 is 1.90. The van der Waals surface area contributed by atoms with E-state index in [9.17, 15) is 0 Å². The van der Waals surface area contributed by atoms with Crippen molar-refractivity contribution in [1.82, 2.24) is 14.9 Å². The third kappa shape index (κ3) is 2.39. The minimum absolute atomic E-state index is 0.190. The summed E-state index contributed by atoms with van der Waals surface area (Å²) in [6, 6.07) is 6.30. The lowest BCUT2D eigenvalue weighted by Gasteiger charge is -2.17. The minimum Gasteiger partial charge on any atom is -0.306 e. The fraction of sp³-hybridized carbons (Fsp3) is 0.357. The highest BCUT2D eigenvalue weighted by atomic mass is 15.2. The lowest BCUT2D eigenvalue weighted by molar-refractivity contribution is 0.594. The molecule has 0 aliphatic rings. The molecule has 0 aliphatic heterocycles. The van der Waals surface area contributed by atoms with E-state index in [1.165, 1.54) is 5.56 Å². The largest absolute Gasteiger partial charge is 0.306 e. The zero-order valence-electron chi connectivity index (χ0n) is 10.5. The lowest BCUT2D eigenvalue weighted by atomic mass is 10.0. The van der Waals surface area contributed by atoms with Crippen LogP contribution in [0.1, 0.15) is 31.9 Å². The quantitative estimate of drug-likeness (QED) is 0.799. The van der Waals surface area contributed by atoms with Gasteiger partial charge in [0.2, 0.25) is 0 Å². The Bertz CT molecular complexity index is 513. The van der Waals surface area contributed by atoms with Crippen molar-refractivity contribution in [2.24, 2.45) is 0 Å². The van der Waals surface area contributed by atoms with Crippen molar-refractivity contribution < 1.29 is 0 Å². The smallest absolute Gasteiger partial charge is 0.0712 e. The molecular weight excluding hydrogens is 210 g/mol. The molecule has 0 aliphatic carbocycles. The van der Waals surface area contributed by atoms with Crippen LogP contribution in [0.2, 0.25) is 0 Å². The van der Waals surface area contributed by atoms with Crippen LogP contribution in [0.25, 0.3) is 5.52 Å². The van der Waals surface area contributed by atoms with Crippen molar-refractivity contribution in [3.8, 4) is 0 Å². The second-order valence-electron chi connectivity index (χ2n) is 4.36. The average molecular weight is 229 g/mol. The topological polar surface area (TPSA) is 29.3 Å². The standard InChI is InChI=1S/C14H19N3/c1-4-8-15-14(11(2)3)12-10-16-17-9-6-5-7-13(12)17/h5-7,9-10,14-15H,2,4,8H2,1,3H3. The molecule has 2 aromatic rings. The molecule has 0 amide bonds. The molecule has 1 unspecified atom stereocenters. The van der Waals surface area contributed by atoms with Gasteiger partial charge < -0.3 is 5.32 Å². The Morgan fingerprint density at radius 1 is 1.53 bits per heavy atom. The zero-order chi connectivity index (χ0) is 12.3. The van der Waals surface area contributed by atoms with E-state index >= 15 is 0 Å². The number of hydrogen-bond acceptors (Lipinski definition) is 2. The van der Waals surface area contributed by atoms with Gasteiger partial charge in [-0.3, -0.25) is 0 Å². The third-order valence-corrected chi connectivity index (χ3v) is 2.86. The molecule has 0 aromatic carbocycles. The van der Waals surface area contributed by atoms with Crippen molar-refractivity contribution in [3.63, 3.8) is 0 Å². The van der Waals surface area contributed by atoms with Crippen LogP contribution in [-0.2, 0) is 0 Å². The molecule has 2 rings (SSSR count). The summed E-state index contributed by atoms with van der Waals surface area (Å²) in [6.45, 7) is 9.28. The molecule has 1 N–H and O–H groups in total. The second-order valence-corrected chi connectivity index (χ2v) is 4.36. The molecule has 17 heavy (non-hydrogen) atoms. The molecule has 1 atom stereocenters. The van der Waals surface area contributed by atoms with Crippen LogP contribution >= 0.6 is 0 Å². The van der Waals surface area contributed by atoms with Gasteiger partial charge in [0, 0.05) is 11.8 Å². The zero-order valence-corrected chi connectivity index (χ0v) is 10.5. The maximum absolute atomic E-state index is 4.37. The van der Waals surface area contributed by atoms with Gasteiger partial charge in [0.25, 0.3) is 0 Å². The summed E-state index contributed by atoms with van der Waals surface area (Å²) in [5, 5.41) is 7.88. The molecule has 90 valence electrons. The Balaban J connectivity index is 2.38. The van der Waals surface area contributed by atoms with Crippen LogP contribution in [0.3, 0.4) is 0 Å². The molecule has 0 radical (unpaired) electrons. The number of rotatable bonds is 5. The van der Waals surface area contributed by atoms with Crippen LogP contribution in [0, 0.1) is 0 Å². The van der Waals surface area contributed by atoms with Gasteiger partial charge in [0.1, 0.15) is 0 Å². The summed E-state index contributed by atoms with van der Waals surface area (Å²) in [6.07, 6.45) is 5.01. The Hall–Kier alpha value is -1.61. The van der Waals surface area contributed by atoms with E-state index in [2.05, 4.69) is 36.9 Å². The summed E-state index contributed by atoms with van der Waals surface area (Å²) >= 11 is 0. The summed E-state index contributed by atoms with van der Waals surface area (Å²) in [4.78, 5) is 0. The van der Waals surface area contributed by atoms with Gasteiger partial charge >= 0.3 is 0 Å². The van der Waals surface area contributed by atoms with E-state index in [1.54, 1.807) is 0 Å². The monoisotopic (exact) mass is 229 g/mol. The second kappa shape index (κ2) is 5.15. The average Bonchev–Trinajstić information content (AvgIpc) is 2.73. The SMILES string of the molecule is C=C(C)C(NCCC)c1cnn2ccccc12. The maximum atomic E-state index is 4.37. The van der Waals surface area contributed by atoms with Crippen molar-refractivity contribution in [2.45, 2.75) is 26.3 Å². The normalized spacial score (nSPS) is 12.8. The van der Waals surface area contributed by atoms with Crippen LogP contribution < -0.4 is 5.32 Å². The predicted octanol–water partition coefficient (Wildman–Crippen LogP) is 2.95. The molecule has 0 spiro atoms. The van der Waals surface area contributed by atoms with Gasteiger partial charge in [-0.25, -0.2) is 4.52 Å². The Labute approximate surface area is 102 Å². The van der Waals surface area contributed by atoms with Gasteiger partial charge in [-0.15, -0.1) is 0 Å². The first-order valence-corrected chi connectivity index (χ1v) is 6.05. The molecule has 0 saturated carbocycles. The number of aromatic nitrogens is 2. The van der Waals surface area contributed by atoms with Crippen LogP contribution in [0.4, 0.5) is 0 Å². The molecular formula is C14H19N3. The first-order chi connectivity index (χ1) is 8.24. The van der Waals surface area contributed by atoms with E-state index in [0.29, 0.717) is 0 Å². The van der Waals surface area contributed by atoms with Crippen molar-refractivity contribution in [2.75, 3.05) is 6.54 Å². The highest BCUT2D eigenvalue weighted by Gasteiger charge is 2.15. The third-order valence-electron chi connectivity index (χ3n) is 2.86. The number of pyridine rings is 1. The van der Waals surface area contributed by atoms with E-state index in [4.69, 9.17) is 0 Å². The molecule has 0 fully saturated rings. The number of fused-ring (bicyclic) bond motifs is 1. The Morgan fingerprint density at radius 2 is 2.35 bits per heavy atom. The van der Waals surface area contributed by atoms with Crippen molar-refractivity contribution >= 4 is 5.52 Å². The van der Waals surface area contributed by atoms with Gasteiger partial charge in [-0.2, -0.15) is 5.10 Å². The molecule has 3 heteroatoms. The highest BCUT2D eigenvalue weighted by Crippen LogP contribution is 2.24. The van der Waals surface area contributed by atoms with Gasteiger partial charge in [-0.1, -0.05) is 25.1 Å². The lowest BCUT2D eigenvalue weighted by Crippen LogP contribution is -2.22. The number of nitrogens with one attached hydrogen (secondary N) is 1. The number of hydrogen-bond donors (Lipinski definition) is 1. The molecule has 0 bridgehead atoms. The molecule has 2 heterocycles. The van der Waals surface area contributed by atoms with Crippen LogP contribution in [0.15, 0.2) is 42.7 Å². The van der Waals surface area contributed by atoms with Crippen LogP contribution in [-0.4, -0.2) is 16.2 Å². The van der Waals surface area contributed by atoms with Crippen LogP contribution in [0.5, 0.6) is 0 Å². The minimum atomic E-state index is 0.190. The maximum Gasteiger partial charge on any atom is 0.0712 e. The fourth-order valence-electron chi connectivity index (χ4n) is 2.02. The summed E-state index contributed by atoms with van der Waals surface area (Å²) in [7, 11) is 0. The first kappa shape index (κ1) is 11.9. The number of nitrogens with zero attached hydrogens (tertiary/aromatic N) is 2. The molecule has 0 saturated heterocycles. The van der Waals surface area contributed by atoms with Gasteiger partial charge in [0.05, 0.1) is 17.8 Å². The highest BCUT2D eigenvalue weighted by molar-refractivity contribution is 5.56. The summed E-state index contributed by atoms with van der Waals surface area (Å²) in [5.74, 6) is 0. The van der Waals surface area contributed by atoms with E-state index in [1.807, 2.05) is 29.0 Å². The van der Waals surface area contributed by atoms with E-state index < -0.39 is 0 Å². The van der Waals surface area contributed by atoms with Gasteiger partial charge in [0.15, 0.2) is 0 Å². The summed E-state index contributed by atoms with van der Waals surface area (Å²) in [5.41, 5.74) is 3.47. The Morgan fingerprint density at radius 3 is 3.06 bits per heavy atom.